The molecule has 0 aliphatic rings. The monoisotopic (exact) mass is 340 g/mol. The molecule has 1 amide bonds. The molecule has 0 aliphatic carbocycles. The van der Waals surface area contributed by atoms with E-state index < -0.39 is 5.91 Å². The second-order valence-electron chi connectivity index (χ2n) is 2.21. The normalized spacial score (nSPS) is 9.83. The van der Waals surface area contributed by atoms with Crippen molar-refractivity contribution in [3.63, 3.8) is 0 Å². The number of rotatable bonds is 1. The van der Waals surface area contributed by atoms with Crippen molar-refractivity contribution in [2.45, 2.75) is 0 Å². The first-order chi connectivity index (χ1) is 5.52. The Morgan fingerprint density at radius 2 is 2.08 bits per heavy atom. The molecule has 12 heavy (non-hydrogen) atoms. The van der Waals surface area contributed by atoms with E-state index in [-0.39, 0.29) is 0 Å². The second-order valence-corrected chi connectivity index (χ2v) is 4.29. The topological polar surface area (TPSA) is 69.1 Å². The lowest BCUT2D eigenvalue weighted by Crippen LogP contribution is -2.14. The van der Waals surface area contributed by atoms with Gasteiger partial charge in [0.25, 0.3) is 5.91 Å². The maximum atomic E-state index is 10.8. The highest BCUT2D eigenvalue weighted by atomic mass is 127. The lowest BCUT2D eigenvalue weighted by molar-refractivity contribution is 0.100. The number of hydrogen-bond donors (Lipinski definition) is 2. The van der Waals surface area contributed by atoms with Gasteiger partial charge in [-0.1, -0.05) is 15.9 Å². The Bertz CT molecular complexity index is 340. The van der Waals surface area contributed by atoms with Gasteiger partial charge in [-0.3, -0.25) is 4.79 Å². The largest absolute Gasteiger partial charge is 0.397 e. The van der Waals surface area contributed by atoms with Crippen molar-refractivity contribution in [2.24, 2.45) is 5.73 Å². The van der Waals surface area contributed by atoms with E-state index in [9.17, 15) is 4.79 Å². The van der Waals surface area contributed by atoms with Gasteiger partial charge in [0.1, 0.15) is 0 Å². The first kappa shape index (κ1) is 9.79. The number of nitrogen functional groups attached to an aromatic ring is 1. The van der Waals surface area contributed by atoms with E-state index in [4.69, 9.17) is 11.5 Å². The number of carbonyl (C=O) groups is 1. The van der Waals surface area contributed by atoms with Gasteiger partial charge in [-0.2, -0.15) is 0 Å². The van der Waals surface area contributed by atoms with E-state index in [2.05, 4.69) is 15.9 Å². The fourth-order valence-electron chi connectivity index (χ4n) is 0.789. The molecule has 0 spiro atoms. The highest BCUT2D eigenvalue weighted by Gasteiger charge is 2.09. The highest BCUT2D eigenvalue weighted by molar-refractivity contribution is 14.1. The van der Waals surface area contributed by atoms with Gasteiger partial charge in [0.15, 0.2) is 0 Å². The maximum Gasteiger partial charge on any atom is 0.250 e. The summed E-state index contributed by atoms with van der Waals surface area (Å²) in [6, 6.07) is 3.43. The molecule has 0 fully saturated rings. The molecule has 0 atom stereocenters. The number of carbonyl (C=O) groups excluding carboxylic acids is 1. The van der Waals surface area contributed by atoms with Gasteiger partial charge >= 0.3 is 0 Å². The third kappa shape index (κ3) is 1.89. The number of anilines is 1. The van der Waals surface area contributed by atoms with E-state index in [1.54, 1.807) is 6.07 Å². The predicted molar refractivity (Wildman–Crippen MR) is 59.8 cm³/mol. The smallest absolute Gasteiger partial charge is 0.250 e. The summed E-state index contributed by atoms with van der Waals surface area (Å²) in [6.07, 6.45) is 0. The zero-order valence-electron chi connectivity index (χ0n) is 5.97. The summed E-state index contributed by atoms with van der Waals surface area (Å²) >= 11 is 5.29. The van der Waals surface area contributed by atoms with Gasteiger partial charge in [0, 0.05) is 8.04 Å². The minimum atomic E-state index is -0.508. The third-order valence-corrected chi connectivity index (χ3v) is 2.71. The molecule has 3 nitrogen and oxygen atoms in total. The van der Waals surface area contributed by atoms with Gasteiger partial charge in [-0.05, 0) is 34.7 Å². The van der Waals surface area contributed by atoms with E-state index in [0.717, 1.165) is 8.04 Å². The van der Waals surface area contributed by atoms with Crippen molar-refractivity contribution in [2.75, 3.05) is 5.73 Å². The summed E-state index contributed by atoms with van der Waals surface area (Å²) < 4.78 is 1.62. The Morgan fingerprint density at radius 3 is 2.58 bits per heavy atom. The average Bonchev–Trinajstić information content (AvgIpc) is 1.96. The molecule has 0 aliphatic heterocycles. The summed E-state index contributed by atoms with van der Waals surface area (Å²) in [4.78, 5) is 10.8. The molecule has 0 radical (unpaired) electrons. The van der Waals surface area contributed by atoms with Gasteiger partial charge in [0.2, 0.25) is 0 Å². The minimum Gasteiger partial charge on any atom is -0.397 e. The number of benzene rings is 1. The quantitative estimate of drug-likeness (QED) is 0.604. The van der Waals surface area contributed by atoms with Crippen molar-refractivity contribution in [3.05, 3.63) is 25.7 Å². The Morgan fingerprint density at radius 1 is 1.50 bits per heavy atom. The van der Waals surface area contributed by atoms with Crippen molar-refractivity contribution >= 4 is 50.1 Å². The van der Waals surface area contributed by atoms with Crippen LogP contribution in [0.15, 0.2) is 16.6 Å². The molecule has 1 aromatic carbocycles. The van der Waals surface area contributed by atoms with Crippen LogP contribution >= 0.6 is 38.5 Å². The Kier molecular flexibility index (Phi) is 2.94. The molecule has 0 saturated heterocycles. The van der Waals surface area contributed by atoms with Crippen LogP contribution in [0, 0.1) is 3.57 Å². The van der Waals surface area contributed by atoms with Crippen LogP contribution in [0.5, 0.6) is 0 Å². The molecule has 0 aromatic heterocycles. The summed E-state index contributed by atoms with van der Waals surface area (Å²) in [5, 5.41) is 0. The first-order valence-electron chi connectivity index (χ1n) is 3.06. The molecule has 4 N–H and O–H groups in total. The number of hydrogen-bond acceptors (Lipinski definition) is 2. The fraction of sp³-hybridized carbons (Fsp3) is 0. The molecule has 1 rings (SSSR count). The molecule has 0 saturated carbocycles. The first-order valence-corrected chi connectivity index (χ1v) is 4.94. The molecule has 1 aromatic rings. The molecule has 5 heteroatoms. The molecule has 64 valence electrons. The number of nitrogens with two attached hydrogens (primary N) is 2. The van der Waals surface area contributed by atoms with Crippen LogP contribution in [-0.4, -0.2) is 5.91 Å². The Balaban J connectivity index is 3.37. The minimum absolute atomic E-state index is 0.355. The molecular formula is C7H6BrIN2O. The number of halogens is 2. The van der Waals surface area contributed by atoms with Gasteiger partial charge in [-0.15, -0.1) is 0 Å². The third-order valence-electron chi connectivity index (χ3n) is 1.36. The van der Waals surface area contributed by atoms with Gasteiger partial charge < -0.3 is 11.5 Å². The lowest BCUT2D eigenvalue weighted by Gasteiger charge is -2.04. The summed E-state index contributed by atoms with van der Waals surface area (Å²) in [5.74, 6) is -0.508. The average molecular weight is 341 g/mol. The van der Waals surface area contributed by atoms with Crippen molar-refractivity contribution < 1.29 is 4.79 Å². The fourth-order valence-corrected chi connectivity index (χ4v) is 2.30. The zero-order chi connectivity index (χ0) is 9.30. The molecule has 0 bridgehead atoms. The summed E-state index contributed by atoms with van der Waals surface area (Å²) in [5.41, 5.74) is 11.5. The standard InChI is InChI=1S/C7H6BrIN2O/c8-3-1-4(7(11)12)6(10)5(9)2-3/h1-2H,10H2,(H2,11,12). The predicted octanol–water partition coefficient (Wildman–Crippen LogP) is 1.73. The van der Waals surface area contributed by atoms with Crippen LogP contribution < -0.4 is 11.5 Å². The number of amides is 1. The maximum absolute atomic E-state index is 10.8. The highest BCUT2D eigenvalue weighted by Crippen LogP contribution is 2.24. The van der Waals surface area contributed by atoms with Crippen molar-refractivity contribution in [1.82, 2.24) is 0 Å². The second kappa shape index (κ2) is 3.61. The van der Waals surface area contributed by atoms with Crippen LogP contribution in [0.1, 0.15) is 10.4 Å². The summed E-state index contributed by atoms with van der Waals surface area (Å²) in [6.45, 7) is 0. The Labute approximate surface area is 91.8 Å². The van der Waals surface area contributed by atoms with E-state index in [1.165, 1.54) is 0 Å². The van der Waals surface area contributed by atoms with Gasteiger partial charge in [0.05, 0.1) is 11.3 Å². The Hall–Kier alpha value is -0.300. The van der Waals surface area contributed by atoms with Crippen LogP contribution in [0.4, 0.5) is 5.69 Å². The van der Waals surface area contributed by atoms with Crippen LogP contribution in [0.3, 0.4) is 0 Å². The molecule has 0 heterocycles. The van der Waals surface area contributed by atoms with E-state index >= 15 is 0 Å². The van der Waals surface area contributed by atoms with Crippen LogP contribution in [-0.2, 0) is 0 Å². The summed E-state index contributed by atoms with van der Waals surface area (Å²) in [7, 11) is 0. The SMILES string of the molecule is NC(=O)c1cc(Br)cc(I)c1N. The number of primary amides is 1. The van der Waals surface area contributed by atoms with Crippen molar-refractivity contribution in [3.8, 4) is 0 Å². The molecular weight excluding hydrogens is 335 g/mol. The lowest BCUT2D eigenvalue weighted by atomic mass is 10.2. The van der Waals surface area contributed by atoms with E-state index in [0.29, 0.717) is 11.3 Å². The molecule has 0 unspecified atom stereocenters. The van der Waals surface area contributed by atoms with Crippen LogP contribution in [0.25, 0.3) is 0 Å². The van der Waals surface area contributed by atoms with Gasteiger partial charge in [-0.25, -0.2) is 0 Å². The van der Waals surface area contributed by atoms with Crippen LogP contribution in [0.2, 0.25) is 0 Å². The van der Waals surface area contributed by atoms with E-state index in [1.807, 2.05) is 28.7 Å². The van der Waals surface area contributed by atoms with Crippen molar-refractivity contribution in [1.29, 1.82) is 0 Å². The zero-order valence-corrected chi connectivity index (χ0v) is 9.72.